The standard InChI is InChI=1S/C17H22N2O2.ClH/c1-4-21-17(20)11-5-7-13-14-10-12(19(2)3)6-8-15(14)18-16(13)9-11;/h5,7,9,12,18H,4,6,8,10H2,1-3H3;1H. The molecule has 1 unspecified atom stereocenters. The van der Waals surface area contributed by atoms with Gasteiger partial charge in [0.1, 0.15) is 0 Å². The van der Waals surface area contributed by atoms with Crippen LogP contribution in [0.15, 0.2) is 18.2 Å². The Hall–Kier alpha value is -1.52. The summed E-state index contributed by atoms with van der Waals surface area (Å²) in [5.74, 6) is -0.252. The van der Waals surface area contributed by atoms with E-state index < -0.39 is 0 Å². The fraction of sp³-hybridized carbons (Fsp3) is 0.471. The lowest BCUT2D eigenvalue weighted by molar-refractivity contribution is 0.0526. The predicted octanol–water partition coefficient (Wildman–Crippen LogP) is 3.19. The van der Waals surface area contributed by atoms with Gasteiger partial charge >= 0.3 is 5.97 Å². The highest BCUT2D eigenvalue weighted by atomic mass is 35.5. The summed E-state index contributed by atoms with van der Waals surface area (Å²) in [6, 6.07) is 6.43. The molecular formula is C17H23ClN2O2. The van der Waals surface area contributed by atoms with Crippen molar-refractivity contribution in [1.82, 2.24) is 9.88 Å². The molecular weight excluding hydrogens is 300 g/mol. The van der Waals surface area contributed by atoms with Gasteiger partial charge in [0.2, 0.25) is 0 Å². The highest BCUT2D eigenvalue weighted by Gasteiger charge is 2.24. The molecule has 4 nitrogen and oxygen atoms in total. The Kier molecular flexibility index (Phi) is 5.14. The number of hydrogen-bond donors (Lipinski definition) is 1. The Bertz CT molecular complexity index is 679. The monoisotopic (exact) mass is 322 g/mol. The van der Waals surface area contributed by atoms with Crippen molar-refractivity contribution >= 4 is 29.3 Å². The molecule has 1 N–H and O–H groups in total. The molecule has 0 saturated carbocycles. The van der Waals surface area contributed by atoms with E-state index in [9.17, 15) is 4.79 Å². The van der Waals surface area contributed by atoms with Crippen molar-refractivity contribution in [1.29, 1.82) is 0 Å². The third kappa shape index (κ3) is 2.99. The number of benzene rings is 1. The van der Waals surface area contributed by atoms with Crippen molar-refractivity contribution in [2.24, 2.45) is 0 Å². The van der Waals surface area contributed by atoms with Crippen LogP contribution in [0, 0.1) is 0 Å². The average Bonchev–Trinajstić information content (AvgIpc) is 2.84. The Labute approximate surface area is 137 Å². The van der Waals surface area contributed by atoms with Crippen LogP contribution < -0.4 is 0 Å². The number of halogens is 1. The number of nitrogens with one attached hydrogen (secondary N) is 1. The maximum atomic E-state index is 11.8. The third-order valence-electron chi connectivity index (χ3n) is 4.40. The first-order valence-electron chi connectivity index (χ1n) is 7.57. The number of H-pyrrole nitrogens is 1. The minimum Gasteiger partial charge on any atom is -0.462 e. The number of ether oxygens (including phenoxy) is 1. The molecule has 3 rings (SSSR count). The van der Waals surface area contributed by atoms with E-state index in [1.54, 1.807) is 0 Å². The molecule has 1 atom stereocenters. The first-order chi connectivity index (χ1) is 10.1. The lowest BCUT2D eigenvalue weighted by atomic mass is 9.91. The number of carbonyl (C=O) groups excluding carboxylic acids is 1. The van der Waals surface area contributed by atoms with Gasteiger partial charge in [-0.1, -0.05) is 6.07 Å². The molecule has 0 amide bonds. The van der Waals surface area contributed by atoms with Gasteiger partial charge in [0.15, 0.2) is 0 Å². The number of aromatic nitrogens is 1. The summed E-state index contributed by atoms with van der Waals surface area (Å²) in [5, 5.41) is 1.24. The summed E-state index contributed by atoms with van der Waals surface area (Å²) in [4.78, 5) is 17.6. The quantitative estimate of drug-likeness (QED) is 0.883. The van der Waals surface area contributed by atoms with Crippen molar-refractivity contribution in [3.63, 3.8) is 0 Å². The molecule has 1 aromatic heterocycles. The molecule has 0 aliphatic heterocycles. The number of esters is 1. The summed E-state index contributed by atoms with van der Waals surface area (Å²) in [5.41, 5.74) is 4.39. The number of fused-ring (bicyclic) bond motifs is 3. The van der Waals surface area contributed by atoms with Crippen LogP contribution in [0.4, 0.5) is 0 Å². The van der Waals surface area contributed by atoms with E-state index in [-0.39, 0.29) is 18.4 Å². The highest BCUT2D eigenvalue weighted by Crippen LogP contribution is 2.31. The fourth-order valence-corrected chi connectivity index (χ4v) is 3.19. The van der Waals surface area contributed by atoms with E-state index in [4.69, 9.17) is 4.74 Å². The number of hydrogen-bond acceptors (Lipinski definition) is 3. The Morgan fingerprint density at radius 1 is 1.41 bits per heavy atom. The number of nitrogens with zero attached hydrogens (tertiary/aromatic N) is 1. The van der Waals surface area contributed by atoms with Gasteiger partial charge < -0.3 is 14.6 Å². The second kappa shape index (κ2) is 6.71. The second-order valence-electron chi connectivity index (χ2n) is 5.92. The lowest BCUT2D eigenvalue weighted by Crippen LogP contribution is -2.33. The van der Waals surface area contributed by atoms with Gasteiger partial charge in [-0.05, 0) is 58.0 Å². The molecule has 0 spiro atoms. The lowest BCUT2D eigenvalue weighted by Gasteiger charge is -2.28. The zero-order chi connectivity index (χ0) is 15.0. The molecule has 1 aromatic carbocycles. The molecule has 0 radical (unpaired) electrons. The van der Waals surface area contributed by atoms with Crippen LogP contribution in [-0.2, 0) is 17.6 Å². The number of aryl methyl sites for hydroxylation is 1. The summed E-state index contributed by atoms with van der Waals surface area (Å²) >= 11 is 0. The Morgan fingerprint density at radius 2 is 2.18 bits per heavy atom. The van der Waals surface area contributed by atoms with Gasteiger partial charge in [0.25, 0.3) is 0 Å². The zero-order valence-corrected chi connectivity index (χ0v) is 14.1. The van der Waals surface area contributed by atoms with E-state index in [1.165, 1.54) is 23.1 Å². The van der Waals surface area contributed by atoms with Crippen LogP contribution >= 0.6 is 12.4 Å². The first kappa shape index (κ1) is 16.8. The summed E-state index contributed by atoms with van der Waals surface area (Å²) in [6.07, 6.45) is 3.32. The Balaban J connectivity index is 0.00000176. The number of rotatable bonds is 3. The van der Waals surface area contributed by atoms with Crippen LogP contribution in [-0.4, -0.2) is 42.6 Å². The van der Waals surface area contributed by atoms with Crippen LogP contribution in [0.3, 0.4) is 0 Å². The first-order valence-corrected chi connectivity index (χ1v) is 7.57. The molecule has 0 bridgehead atoms. The van der Waals surface area contributed by atoms with Crippen LogP contribution in [0.5, 0.6) is 0 Å². The van der Waals surface area contributed by atoms with E-state index >= 15 is 0 Å². The second-order valence-corrected chi connectivity index (χ2v) is 5.92. The molecule has 22 heavy (non-hydrogen) atoms. The summed E-state index contributed by atoms with van der Waals surface area (Å²) in [7, 11) is 4.28. The summed E-state index contributed by atoms with van der Waals surface area (Å²) in [6.45, 7) is 2.23. The van der Waals surface area contributed by atoms with Gasteiger partial charge in [0, 0.05) is 22.6 Å². The van der Waals surface area contributed by atoms with Crippen molar-refractivity contribution in [3.8, 4) is 0 Å². The Morgan fingerprint density at radius 3 is 2.86 bits per heavy atom. The van der Waals surface area contributed by atoms with Gasteiger partial charge in [-0.25, -0.2) is 4.79 Å². The van der Waals surface area contributed by atoms with Crippen molar-refractivity contribution in [3.05, 3.63) is 35.0 Å². The van der Waals surface area contributed by atoms with Crippen LogP contribution in [0.25, 0.3) is 10.9 Å². The third-order valence-corrected chi connectivity index (χ3v) is 4.40. The molecule has 2 aromatic rings. The fourth-order valence-electron chi connectivity index (χ4n) is 3.19. The molecule has 1 aliphatic carbocycles. The smallest absolute Gasteiger partial charge is 0.338 e. The minimum atomic E-state index is -0.252. The van der Waals surface area contributed by atoms with Crippen molar-refractivity contribution < 1.29 is 9.53 Å². The number of likely N-dealkylation sites (N-methyl/N-ethyl adjacent to an activating group) is 1. The van der Waals surface area contributed by atoms with E-state index in [0.29, 0.717) is 18.2 Å². The van der Waals surface area contributed by atoms with Crippen LogP contribution in [0.2, 0.25) is 0 Å². The highest BCUT2D eigenvalue weighted by molar-refractivity contribution is 5.95. The van der Waals surface area contributed by atoms with E-state index in [0.717, 1.165) is 18.4 Å². The number of carbonyl (C=O) groups is 1. The van der Waals surface area contributed by atoms with Gasteiger partial charge in [-0.3, -0.25) is 0 Å². The van der Waals surface area contributed by atoms with Gasteiger partial charge in [-0.2, -0.15) is 0 Å². The molecule has 1 aliphatic rings. The van der Waals surface area contributed by atoms with Crippen molar-refractivity contribution in [2.45, 2.75) is 32.2 Å². The van der Waals surface area contributed by atoms with Crippen LogP contribution in [0.1, 0.15) is 35.0 Å². The SMILES string of the molecule is CCOC(=O)c1ccc2c3c([nH]c2c1)CCC(N(C)C)C3.Cl. The maximum absolute atomic E-state index is 11.8. The summed E-state index contributed by atoms with van der Waals surface area (Å²) < 4.78 is 5.07. The van der Waals surface area contributed by atoms with Gasteiger partial charge in [0.05, 0.1) is 12.2 Å². The molecule has 5 heteroatoms. The normalized spacial score (nSPS) is 17.2. The largest absolute Gasteiger partial charge is 0.462 e. The molecule has 1 heterocycles. The minimum absolute atomic E-state index is 0. The predicted molar refractivity (Wildman–Crippen MR) is 91.0 cm³/mol. The topological polar surface area (TPSA) is 45.3 Å². The molecule has 0 fully saturated rings. The van der Waals surface area contributed by atoms with Gasteiger partial charge in [-0.15, -0.1) is 12.4 Å². The maximum Gasteiger partial charge on any atom is 0.338 e. The van der Waals surface area contributed by atoms with E-state index in [2.05, 4.69) is 30.0 Å². The number of aromatic amines is 1. The zero-order valence-electron chi connectivity index (χ0n) is 13.3. The molecule has 120 valence electrons. The van der Waals surface area contributed by atoms with E-state index in [1.807, 2.05) is 19.1 Å². The van der Waals surface area contributed by atoms with Crippen molar-refractivity contribution in [2.75, 3.05) is 20.7 Å². The average molecular weight is 323 g/mol. The molecule has 0 saturated heterocycles.